The summed E-state index contributed by atoms with van der Waals surface area (Å²) in [4.78, 5) is 21.3. The first kappa shape index (κ1) is 12.5. The second kappa shape index (κ2) is 4.72. The average Bonchev–Trinajstić information content (AvgIpc) is 2.68. The number of rotatable bonds is 3. The summed E-state index contributed by atoms with van der Waals surface area (Å²) in [6.45, 7) is 1.61. The van der Waals surface area contributed by atoms with Crippen molar-refractivity contribution in [1.82, 2.24) is 10.2 Å². The van der Waals surface area contributed by atoms with Gasteiger partial charge in [0.1, 0.15) is 11.4 Å². The minimum absolute atomic E-state index is 0.0471. The van der Waals surface area contributed by atoms with Crippen molar-refractivity contribution < 1.29 is 10.0 Å². The van der Waals surface area contributed by atoms with E-state index in [1.807, 2.05) is 0 Å². The highest BCUT2D eigenvalue weighted by Gasteiger charge is 2.10. The number of non-ortho nitro benzene ring substituents is 1. The van der Waals surface area contributed by atoms with Crippen molar-refractivity contribution >= 4 is 17.1 Å². The average molecular weight is 263 g/mol. The van der Waals surface area contributed by atoms with Gasteiger partial charge in [-0.2, -0.15) is 0 Å². The van der Waals surface area contributed by atoms with Crippen LogP contribution in [0.15, 0.2) is 33.2 Å². The van der Waals surface area contributed by atoms with Crippen molar-refractivity contribution in [3.63, 3.8) is 0 Å². The van der Waals surface area contributed by atoms with E-state index in [1.54, 1.807) is 6.92 Å². The Kier molecular flexibility index (Phi) is 3.10. The number of nitro benzene ring substituents is 1. The number of nitrogens with zero attached hydrogens (tertiary/aromatic N) is 3. The smallest absolute Gasteiger partial charge is 0.291 e. The summed E-state index contributed by atoms with van der Waals surface area (Å²) in [7, 11) is 0. The molecule has 0 saturated carbocycles. The normalized spacial score (nSPS) is 11.0. The third-order valence-corrected chi connectivity index (χ3v) is 2.36. The molecule has 1 aromatic heterocycles. The molecular formula is C10H9N5O4. The van der Waals surface area contributed by atoms with E-state index in [0.29, 0.717) is 5.69 Å². The van der Waals surface area contributed by atoms with Crippen molar-refractivity contribution in [2.45, 2.75) is 6.92 Å². The van der Waals surface area contributed by atoms with Gasteiger partial charge in [-0.15, -0.1) is 10.2 Å². The molecule has 9 nitrogen and oxygen atoms in total. The van der Waals surface area contributed by atoms with E-state index in [1.165, 1.54) is 0 Å². The number of azo groups is 1. The van der Waals surface area contributed by atoms with E-state index in [9.17, 15) is 20.0 Å². The third kappa shape index (κ3) is 2.49. The van der Waals surface area contributed by atoms with Crippen LogP contribution >= 0.6 is 0 Å². The zero-order valence-corrected chi connectivity index (χ0v) is 9.75. The largest absolute Gasteiger partial charge is 0.506 e. The molecule has 0 amide bonds. The Morgan fingerprint density at radius 1 is 1.32 bits per heavy atom. The second-order valence-electron chi connectivity index (χ2n) is 3.68. The van der Waals surface area contributed by atoms with E-state index in [-0.39, 0.29) is 22.8 Å². The van der Waals surface area contributed by atoms with Crippen LogP contribution in [0.5, 0.6) is 5.75 Å². The second-order valence-corrected chi connectivity index (χ2v) is 3.68. The van der Waals surface area contributed by atoms with Gasteiger partial charge in [0.25, 0.3) is 11.2 Å². The Hall–Kier alpha value is -2.97. The summed E-state index contributed by atoms with van der Waals surface area (Å²) >= 11 is 0. The number of nitro groups is 1. The zero-order valence-electron chi connectivity index (χ0n) is 9.75. The zero-order chi connectivity index (χ0) is 14.0. The van der Waals surface area contributed by atoms with Crippen LogP contribution in [0.4, 0.5) is 17.1 Å². The fourth-order valence-corrected chi connectivity index (χ4v) is 1.37. The Balaban J connectivity index is 2.41. The standard InChI is InChI=1S/C10H9N5O4/c1-5-9(10(17)14-11-5)13-12-7-4-6(15(18)19)2-3-8(7)16/h2-4,16H,1H3,(H2,11,14,17). The molecule has 0 aliphatic heterocycles. The number of aromatic amines is 2. The van der Waals surface area contributed by atoms with E-state index in [0.717, 1.165) is 18.2 Å². The fraction of sp³-hybridized carbons (Fsp3) is 0.100. The molecule has 2 aromatic rings. The number of hydrogen-bond acceptors (Lipinski definition) is 6. The Labute approximate surface area is 105 Å². The number of phenols is 1. The van der Waals surface area contributed by atoms with Gasteiger partial charge < -0.3 is 10.2 Å². The number of aryl methyl sites for hydroxylation is 1. The first-order valence-electron chi connectivity index (χ1n) is 5.15. The number of H-pyrrole nitrogens is 2. The summed E-state index contributed by atoms with van der Waals surface area (Å²) in [5.41, 5.74) is -0.267. The molecule has 0 fully saturated rings. The molecule has 0 radical (unpaired) electrons. The molecule has 3 N–H and O–H groups in total. The van der Waals surface area contributed by atoms with Gasteiger partial charge in [-0.05, 0) is 13.0 Å². The van der Waals surface area contributed by atoms with Crippen LogP contribution in [-0.2, 0) is 0 Å². The van der Waals surface area contributed by atoms with Crippen LogP contribution < -0.4 is 5.56 Å². The molecule has 0 aliphatic rings. The number of aromatic nitrogens is 2. The number of aromatic hydroxyl groups is 1. The summed E-state index contributed by atoms with van der Waals surface area (Å²) in [5, 5.41) is 32.3. The number of nitrogens with one attached hydrogen (secondary N) is 2. The molecule has 98 valence electrons. The maximum atomic E-state index is 11.3. The van der Waals surface area contributed by atoms with Gasteiger partial charge in [0, 0.05) is 12.1 Å². The van der Waals surface area contributed by atoms with Gasteiger partial charge in [0.15, 0.2) is 5.69 Å². The van der Waals surface area contributed by atoms with Crippen LogP contribution in [0, 0.1) is 17.0 Å². The van der Waals surface area contributed by atoms with Crippen LogP contribution in [0.25, 0.3) is 0 Å². The van der Waals surface area contributed by atoms with Gasteiger partial charge in [-0.25, -0.2) is 0 Å². The quantitative estimate of drug-likeness (QED) is 0.443. The molecule has 9 heteroatoms. The van der Waals surface area contributed by atoms with E-state index in [4.69, 9.17) is 0 Å². The van der Waals surface area contributed by atoms with Crippen LogP contribution in [0.3, 0.4) is 0 Å². The van der Waals surface area contributed by atoms with Gasteiger partial charge in [-0.3, -0.25) is 20.0 Å². The van der Waals surface area contributed by atoms with Gasteiger partial charge in [0.05, 0.1) is 10.6 Å². The van der Waals surface area contributed by atoms with Crippen molar-refractivity contribution in [2.24, 2.45) is 10.2 Å². The predicted octanol–water partition coefficient (Wildman–Crippen LogP) is 2.04. The lowest BCUT2D eigenvalue weighted by Crippen LogP contribution is -1.96. The maximum absolute atomic E-state index is 11.3. The molecule has 0 saturated heterocycles. The topological polar surface area (TPSA) is 137 Å². The molecule has 1 heterocycles. The third-order valence-electron chi connectivity index (χ3n) is 2.36. The molecule has 0 bridgehead atoms. The highest BCUT2D eigenvalue weighted by atomic mass is 16.6. The molecular weight excluding hydrogens is 254 g/mol. The van der Waals surface area contributed by atoms with Crippen molar-refractivity contribution in [2.75, 3.05) is 0 Å². The molecule has 0 aliphatic carbocycles. The molecule has 0 unspecified atom stereocenters. The van der Waals surface area contributed by atoms with Crippen molar-refractivity contribution in [3.05, 3.63) is 44.4 Å². The van der Waals surface area contributed by atoms with Crippen LogP contribution in [0.2, 0.25) is 0 Å². The Bertz CT molecular complexity index is 715. The Morgan fingerprint density at radius 3 is 2.63 bits per heavy atom. The minimum atomic E-state index is -0.618. The van der Waals surface area contributed by atoms with E-state index >= 15 is 0 Å². The molecule has 1 aromatic carbocycles. The monoisotopic (exact) mass is 263 g/mol. The summed E-state index contributed by atoms with van der Waals surface area (Å²) in [6.07, 6.45) is 0. The highest BCUT2D eigenvalue weighted by Crippen LogP contribution is 2.31. The lowest BCUT2D eigenvalue weighted by Gasteiger charge is -1.97. The minimum Gasteiger partial charge on any atom is -0.506 e. The molecule has 2 rings (SSSR count). The van der Waals surface area contributed by atoms with E-state index in [2.05, 4.69) is 20.4 Å². The number of hydrogen-bond donors (Lipinski definition) is 3. The predicted molar refractivity (Wildman–Crippen MR) is 65.1 cm³/mol. The molecule has 0 atom stereocenters. The summed E-state index contributed by atoms with van der Waals surface area (Å²) < 4.78 is 0. The van der Waals surface area contributed by atoms with Gasteiger partial charge >= 0.3 is 0 Å². The number of benzene rings is 1. The van der Waals surface area contributed by atoms with Crippen LogP contribution in [-0.4, -0.2) is 20.2 Å². The summed E-state index contributed by atoms with van der Waals surface area (Å²) in [5.74, 6) is -0.265. The molecule has 19 heavy (non-hydrogen) atoms. The lowest BCUT2D eigenvalue weighted by atomic mass is 10.2. The van der Waals surface area contributed by atoms with Crippen molar-refractivity contribution in [1.29, 1.82) is 0 Å². The fourth-order valence-electron chi connectivity index (χ4n) is 1.37. The van der Waals surface area contributed by atoms with E-state index < -0.39 is 10.5 Å². The Morgan fingerprint density at radius 2 is 2.05 bits per heavy atom. The molecule has 0 spiro atoms. The van der Waals surface area contributed by atoms with Gasteiger partial charge in [0.2, 0.25) is 0 Å². The maximum Gasteiger partial charge on any atom is 0.291 e. The lowest BCUT2D eigenvalue weighted by molar-refractivity contribution is -0.384. The summed E-state index contributed by atoms with van der Waals surface area (Å²) in [6, 6.07) is 3.35. The first-order chi connectivity index (χ1) is 8.99. The van der Waals surface area contributed by atoms with Gasteiger partial charge in [-0.1, -0.05) is 0 Å². The van der Waals surface area contributed by atoms with Crippen LogP contribution in [0.1, 0.15) is 5.69 Å². The first-order valence-corrected chi connectivity index (χ1v) is 5.15. The SMILES string of the molecule is Cc1[nH][nH]c(=O)c1N=Nc1cc([N+](=O)[O-])ccc1O. The highest BCUT2D eigenvalue weighted by molar-refractivity contribution is 5.57. The van der Waals surface area contributed by atoms with Crippen molar-refractivity contribution in [3.8, 4) is 5.75 Å². The number of phenolic OH excluding ortho intramolecular Hbond substituents is 1.